The lowest BCUT2D eigenvalue weighted by atomic mass is 9.98. The van der Waals surface area contributed by atoms with Crippen molar-refractivity contribution in [3.63, 3.8) is 0 Å². The maximum Gasteiger partial charge on any atom is 0.335 e. The summed E-state index contributed by atoms with van der Waals surface area (Å²) in [7, 11) is 0. The fourth-order valence-electron chi connectivity index (χ4n) is 3.26. The second-order valence-electron chi connectivity index (χ2n) is 6.30. The molecular weight excluding hydrogens is 290 g/mol. The molecule has 1 atom stereocenters. The number of carboxylic acid groups (broad SMARTS) is 1. The molecule has 0 saturated carbocycles. The number of carbonyl (C=O) groups is 1. The SMILES string of the molecule is CCn1cc(CN2CCC(Cc3ccc(C(=O)O)cc3)C2)cn1. The summed E-state index contributed by atoms with van der Waals surface area (Å²) in [6.45, 7) is 6.19. The van der Waals surface area contributed by atoms with Crippen molar-refractivity contribution in [1.29, 1.82) is 0 Å². The van der Waals surface area contributed by atoms with Gasteiger partial charge in [0.05, 0.1) is 11.8 Å². The minimum atomic E-state index is -0.865. The summed E-state index contributed by atoms with van der Waals surface area (Å²) in [6.07, 6.45) is 6.30. The molecular formula is C18H23N3O2. The number of rotatable bonds is 6. The molecule has 0 spiro atoms. The summed E-state index contributed by atoms with van der Waals surface area (Å²) < 4.78 is 1.97. The van der Waals surface area contributed by atoms with Crippen LogP contribution in [0.15, 0.2) is 36.7 Å². The van der Waals surface area contributed by atoms with Crippen molar-refractivity contribution >= 4 is 5.97 Å². The zero-order valence-electron chi connectivity index (χ0n) is 13.5. The van der Waals surface area contributed by atoms with Crippen LogP contribution in [0.5, 0.6) is 0 Å². The van der Waals surface area contributed by atoms with Crippen LogP contribution in [-0.4, -0.2) is 38.8 Å². The molecule has 1 unspecified atom stereocenters. The van der Waals surface area contributed by atoms with Crippen LogP contribution in [0.1, 0.15) is 34.8 Å². The molecule has 1 N–H and O–H groups in total. The van der Waals surface area contributed by atoms with Crippen molar-refractivity contribution < 1.29 is 9.90 Å². The van der Waals surface area contributed by atoms with Crippen LogP contribution in [0.25, 0.3) is 0 Å². The zero-order chi connectivity index (χ0) is 16.2. The van der Waals surface area contributed by atoms with Crippen LogP contribution in [0.4, 0.5) is 0 Å². The lowest BCUT2D eigenvalue weighted by molar-refractivity contribution is 0.0697. The minimum Gasteiger partial charge on any atom is -0.478 e. The van der Waals surface area contributed by atoms with Gasteiger partial charge < -0.3 is 5.11 Å². The highest BCUT2D eigenvalue weighted by Crippen LogP contribution is 2.22. The fraction of sp³-hybridized carbons (Fsp3) is 0.444. The second kappa shape index (κ2) is 6.96. The van der Waals surface area contributed by atoms with E-state index < -0.39 is 5.97 Å². The quantitative estimate of drug-likeness (QED) is 0.891. The number of aromatic carboxylic acids is 1. The van der Waals surface area contributed by atoms with Gasteiger partial charge in [-0.05, 0) is 49.9 Å². The monoisotopic (exact) mass is 313 g/mol. The number of aryl methyl sites for hydroxylation is 1. The number of benzene rings is 1. The lowest BCUT2D eigenvalue weighted by Gasteiger charge is -2.15. The first-order valence-electron chi connectivity index (χ1n) is 8.20. The predicted octanol–water partition coefficient (Wildman–Crippen LogP) is 2.67. The number of likely N-dealkylation sites (tertiary alicyclic amines) is 1. The Morgan fingerprint density at radius 1 is 1.30 bits per heavy atom. The molecule has 1 aliphatic rings. The minimum absolute atomic E-state index is 0.356. The highest BCUT2D eigenvalue weighted by molar-refractivity contribution is 5.87. The molecule has 1 fully saturated rings. The highest BCUT2D eigenvalue weighted by atomic mass is 16.4. The van der Waals surface area contributed by atoms with Gasteiger partial charge in [0.15, 0.2) is 0 Å². The lowest BCUT2D eigenvalue weighted by Crippen LogP contribution is -2.20. The van der Waals surface area contributed by atoms with Crippen molar-refractivity contribution in [3.8, 4) is 0 Å². The maximum atomic E-state index is 10.9. The summed E-state index contributed by atoms with van der Waals surface area (Å²) in [4.78, 5) is 13.4. The van der Waals surface area contributed by atoms with Crippen molar-refractivity contribution in [3.05, 3.63) is 53.3 Å². The average molecular weight is 313 g/mol. The van der Waals surface area contributed by atoms with Crippen molar-refractivity contribution in [2.45, 2.75) is 32.9 Å². The highest BCUT2D eigenvalue weighted by Gasteiger charge is 2.23. The van der Waals surface area contributed by atoms with E-state index in [0.29, 0.717) is 11.5 Å². The summed E-state index contributed by atoms with van der Waals surface area (Å²) in [5.41, 5.74) is 2.86. The van der Waals surface area contributed by atoms with Gasteiger partial charge in [-0.1, -0.05) is 12.1 Å². The van der Waals surface area contributed by atoms with Gasteiger partial charge in [-0.15, -0.1) is 0 Å². The Morgan fingerprint density at radius 2 is 2.09 bits per heavy atom. The van der Waals surface area contributed by atoms with Gasteiger partial charge in [0.1, 0.15) is 0 Å². The molecule has 1 aliphatic heterocycles. The van der Waals surface area contributed by atoms with Crippen LogP contribution in [0.2, 0.25) is 0 Å². The van der Waals surface area contributed by atoms with E-state index >= 15 is 0 Å². The van der Waals surface area contributed by atoms with E-state index in [1.165, 1.54) is 17.5 Å². The van der Waals surface area contributed by atoms with E-state index in [0.717, 1.165) is 32.6 Å². The fourth-order valence-corrected chi connectivity index (χ4v) is 3.26. The van der Waals surface area contributed by atoms with Gasteiger partial charge >= 0.3 is 5.97 Å². The molecule has 23 heavy (non-hydrogen) atoms. The van der Waals surface area contributed by atoms with Crippen molar-refractivity contribution in [2.75, 3.05) is 13.1 Å². The van der Waals surface area contributed by atoms with Crippen LogP contribution >= 0.6 is 0 Å². The molecule has 122 valence electrons. The molecule has 0 bridgehead atoms. The van der Waals surface area contributed by atoms with Crippen LogP contribution in [-0.2, 0) is 19.5 Å². The molecule has 1 aromatic heterocycles. The van der Waals surface area contributed by atoms with Crippen molar-refractivity contribution in [1.82, 2.24) is 14.7 Å². The number of carboxylic acids is 1. The van der Waals surface area contributed by atoms with E-state index in [2.05, 4.69) is 23.1 Å². The third-order valence-electron chi connectivity index (χ3n) is 4.51. The summed E-state index contributed by atoms with van der Waals surface area (Å²) in [5, 5.41) is 13.3. The third kappa shape index (κ3) is 3.99. The smallest absolute Gasteiger partial charge is 0.335 e. The summed E-state index contributed by atoms with van der Waals surface area (Å²) in [5.74, 6) is -0.219. The second-order valence-corrected chi connectivity index (χ2v) is 6.30. The number of aromatic nitrogens is 2. The zero-order valence-corrected chi connectivity index (χ0v) is 13.5. The van der Waals surface area contributed by atoms with E-state index in [9.17, 15) is 4.79 Å². The van der Waals surface area contributed by atoms with Gasteiger partial charge in [-0.25, -0.2) is 4.79 Å². The Balaban J connectivity index is 1.52. The van der Waals surface area contributed by atoms with Crippen LogP contribution in [0, 0.1) is 5.92 Å². The Labute approximate surface area is 136 Å². The number of hydrogen-bond acceptors (Lipinski definition) is 3. The molecule has 5 nitrogen and oxygen atoms in total. The van der Waals surface area contributed by atoms with Crippen LogP contribution < -0.4 is 0 Å². The molecule has 2 heterocycles. The average Bonchev–Trinajstić information content (AvgIpc) is 3.17. The Bertz CT molecular complexity index is 663. The van der Waals surface area contributed by atoms with E-state index in [1.807, 2.05) is 23.0 Å². The maximum absolute atomic E-state index is 10.9. The molecule has 1 aromatic carbocycles. The molecule has 1 saturated heterocycles. The first kappa shape index (κ1) is 15.7. The van der Waals surface area contributed by atoms with Crippen molar-refractivity contribution in [2.24, 2.45) is 5.92 Å². The Hall–Kier alpha value is -2.14. The predicted molar refractivity (Wildman–Crippen MR) is 88.4 cm³/mol. The molecule has 0 radical (unpaired) electrons. The van der Waals surface area contributed by atoms with Gasteiger partial charge in [-0.3, -0.25) is 9.58 Å². The van der Waals surface area contributed by atoms with Gasteiger partial charge in [-0.2, -0.15) is 5.10 Å². The first-order valence-corrected chi connectivity index (χ1v) is 8.20. The molecule has 0 amide bonds. The molecule has 5 heteroatoms. The molecule has 3 rings (SSSR count). The van der Waals surface area contributed by atoms with E-state index in [1.54, 1.807) is 12.1 Å². The molecule has 0 aliphatic carbocycles. The third-order valence-corrected chi connectivity index (χ3v) is 4.51. The van der Waals surface area contributed by atoms with Crippen LogP contribution in [0.3, 0.4) is 0 Å². The van der Waals surface area contributed by atoms with E-state index in [-0.39, 0.29) is 0 Å². The van der Waals surface area contributed by atoms with Gasteiger partial charge in [0.2, 0.25) is 0 Å². The van der Waals surface area contributed by atoms with E-state index in [4.69, 9.17) is 5.11 Å². The summed E-state index contributed by atoms with van der Waals surface area (Å²) >= 11 is 0. The Morgan fingerprint density at radius 3 is 2.74 bits per heavy atom. The Kier molecular flexibility index (Phi) is 4.76. The number of hydrogen-bond donors (Lipinski definition) is 1. The normalized spacial score (nSPS) is 18.4. The number of nitrogens with zero attached hydrogens (tertiary/aromatic N) is 3. The largest absolute Gasteiger partial charge is 0.478 e. The molecule has 2 aromatic rings. The topological polar surface area (TPSA) is 58.4 Å². The van der Waals surface area contributed by atoms with Gasteiger partial charge in [0.25, 0.3) is 0 Å². The first-order chi connectivity index (χ1) is 11.1. The summed E-state index contributed by atoms with van der Waals surface area (Å²) in [6, 6.07) is 7.28. The van der Waals surface area contributed by atoms with Gasteiger partial charge in [0, 0.05) is 31.4 Å². The standard InChI is InChI=1S/C18H23N3O2/c1-2-21-13-16(10-19-21)12-20-8-7-15(11-20)9-14-3-5-17(6-4-14)18(22)23/h3-6,10,13,15H,2,7-9,11-12H2,1H3,(H,22,23).